The molecule has 1 aliphatic heterocycles. The third-order valence-electron chi connectivity index (χ3n) is 4.90. The van der Waals surface area contributed by atoms with Gasteiger partial charge in [-0.1, -0.05) is 35.5 Å². The second-order valence-electron chi connectivity index (χ2n) is 7.03. The summed E-state index contributed by atoms with van der Waals surface area (Å²) in [4.78, 5) is 6.72. The molecule has 0 bridgehead atoms. The topological polar surface area (TPSA) is 74.9 Å². The number of aromatic nitrogens is 1. The van der Waals surface area contributed by atoms with E-state index in [1.165, 1.54) is 5.56 Å². The highest BCUT2D eigenvalue weighted by molar-refractivity contribution is 14.0. The van der Waals surface area contributed by atoms with Gasteiger partial charge in [-0.15, -0.1) is 24.0 Å². The Hall–Kier alpha value is -1.65. The van der Waals surface area contributed by atoms with Crippen molar-refractivity contribution in [3.8, 4) is 0 Å². The summed E-state index contributed by atoms with van der Waals surface area (Å²) >= 11 is 0. The van der Waals surface area contributed by atoms with Crippen LogP contribution in [0.15, 0.2) is 52.2 Å². The molecule has 1 aliphatic rings. The molecule has 2 aromatic rings. The summed E-state index contributed by atoms with van der Waals surface area (Å²) < 4.78 is 10.9. The number of nitrogens with zero attached hydrogens (tertiary/aromatic N) is 3. The average molecular weight is 513 g/mol. The minimum atomic E-state index is 0. The number of aliphatic imine (C=N–C) groups is 1. The van der Waals surface area contributed by atoms with Crippen molar-refractivity contribution in [1.29, 1.82) is 0 Å². The number of guanidine groups is 1. The molecule has 3 rings (SSSR count). The van der Waals surface area contributed by atoms with Crippen molar-refractivity contribution in [3.63, 3.8) is 0 Å². The fourth-order valence-electron chi connectivity index (χ4n) is 3.33. The van der Waals surface area contributed by atoms with Crippen LogP contribution in [0.2, 0.25) is 0 Å². The summed E-state index contributed by atoms with van der Waals surface area (Å²) in [5.74, 6) is 0.761. The molecule has 1 saturated heterocycles. The van der Waals surface area contributed by atoms with Gasteiger partial charge in [0, 0.05) is 45.9 Å². The van der Waals surface area contributed by atoms with Gasteiger partial charge in [-0.05, 0) is 24.8 Å². The Morgan fingerprint density at radius 2 is 2.00 bits per heavy atom. The van der Waals surface area contributed by atoms with Gasteiger partial charge in [0.15, 0.2) is 5.96 Å². The number of hydrogen-bond donors (Lipinski definition) is 2. The van der Waals surface area contributed by atoms with Crippen LogP contribution in [0.3, 0.4) is 0 Å². The zero-order chi connectivity index (χ0) is 19.4. The standard InChI is InChI=1S/C21H31N5O2.HI/c1-22-21(24-16-19-10-15-28-25-19)23-11-5-14-27-20-8-12-26(13-9-20)17-18-6-3-2-4-7-18;/h2-4,6-7,10,15,20H,5,8-9,11-14,16-17H2,1H3,(H2,22,23,24);1H. The Morgan fingerprint density at radius 3 is 2.69 bits per heavy atom. The first-order valence-corrected chi connectivity index (χ1v) is 10.0. The lowest BCUT2D eigenvalue weighted by atomic mass is 10.1. The summed E-state index contributed by atoms with van der Waals surface area (Å²) in [7, 11) is 1.76. The zero-order valence-electron chi connectivity index (χ0n) is 17.0. The van der Waals surface area contributed by atoms with E-state index >= 15 is 0 Å². The van der Waals surface area contributed by atoms with Gasteiger partial charge in [0.25, 0.3) is 0 Å². The third-order valence-corrected chi connectivity index (χ3v) is 4.90. The second-order valence-corrected chi connectivity index (χ2v) is 7.03. The molecule has 2 N–H and O–H groups in total. The Balaban J connectivity index is 0.00000300. The molecule has 0 amide bonds. The lowest BCUT2D eigenvalue weighted by Crippen LogP contribution is -2.38. The van der Waals surface area contributed by atoms with Gasteiger partial charge in [-0.3, -0.25) is 9.89 Å². The van der Waals surface area contributed by atoms with Crippen LogP contribution in [-0.2, 0) is 17.8 Å². The monoisotopic (exact) mass is 513 g/mol. The maximum absolute atomic E-state index is 6.07. The molecule has 1 aromatic carbocycles. The molecule has 2 heterocycles. The van der Waals surface area contributed by atoms with E-state index in [-0.39, 0.29) is 24.0 Å². The van der Waals surface area contributed by atoms with E-state index in [1.54, 1.807) is 13.3 Å². The molecule has 0 atom stereocenters. The fraction of sp³-hybridized carbons (Fsp3) is 0.524. The van der Waals surface area contributed by atoms with Crippen LogP contribution in [0.5, 0.6) is 0 Å². The Kier molecular flexibility index (Phi) is 11.0. The summed E-state index contributed by atoms with van der Waals surface area (Å²) in [6.45, 7) is 5.45. The number of likely N-dealkylation sites (tertiary alicyclic amines) is 1. The predicted octanol–water partition coefficient (Wildman–Crippen LogP) is 3.03. The van der Waals surface area contributed by atoms with E-state index in [1.807, 2.05) is 6.07 Å². The van der Waals surface area contributed by atoms with E-state index in [4.69, 9.17) is 9.26 Å². The lowest BCUT2D eigenvalue weighted by Gasteiger charge is -2.32. The van der Waals surface area contributed by atoms with Crippen molar-refractivity contribution in [1.82, 2.24) is 20.7 Å². The number of hydrogen-bond acceptors (Lipinski definition) is 5. The molecule has 160 valence electrons. The highest BCUT2D eigenvalue weighted by Gasteiger charge is 2.19. The van der Waals surface area contributed by atoms with Gasteiger partial charge in [0.1, 0.15) is 12.0 Å². The van der Waals surface area contributed by atoms with Crippen LogP contribution < -0.4 is 10.6 Å². The SMILES string of the molecule is CN=C(NCCCOC1CCN(Cc2ccccc2)CC1)NCc1ccon1.I. The van der Waals surface area contributed by atoms with Gasteiger partial charge in [0.2, 0.25) is 0 Å². The van der Waals surface area contributed by atoms with Crippen molar-refractivity contribution < 1.29 is 9.26 Å². The Bertz CT molecular complexity index is 688. The van der Waals surface area contributed by atoms with Crippen LogP contribution in [-0.4, -0.2) is 55.4 Å². The van der Waals surface area contributed by atoms with Gasteiger partial charge < -0.3 is 19.9 Å². The van der Waals surface area contributed by atoms with Crippen molar-refractivity contribution in [3.05, 3.63) is 53.9 Å². The van der Waals surface area contributed by atoms with Crippen LogP contribution in [0.1, 0.15) is 30.5 Å². The number of nitrogens with one attached hydrogen (secondary N) is 2. The molecule has 0 radical (unpaired) electrons. The summed E-state index contributed by atoms with van der Waals surface area (Å²) in [6.07, 6.45) is 5.13. The first kappa shape index (κ1) is 23.6. The van der Waals surface area contributed by atoms with E-state index < -0.39 is 0 Å². The van der Waals surface area contributed by atoms with Crippen LogP contribution >= 0.6 is 24.0 Å². The van der Waals surface area contributed by atoms with Crippen LogP contribution in [0.25, 0.3) is 0 Å². The average Bonchev–Trinajstić information content (AvgIpc) is 3.26. The maximum Gasteiger partial charge on any atom is 0.191 e. The minimum absolute atomic E-state index is 0. The highest BCUT2D eigenvalue weighted by Crippen LogP contribution is 2.16. The Morgan fingerprint density at radius 1 is 1.21 bits per heavy atom. The van der Waals surface area contributed by atoms with Crippen LogP contribution in [0.4, 0.5) is 0 Å². The number of benzene rings is 1. The fourth-order valence-corrected chi connectivity index (χ4v) is 3.33. The first-order chi connectivity index (χ1) is 13.8. The molecule has 1 fully saturated rings. The largest absolute Gasteiger partial charge is 0.378 e. The van der Waals surface area contributed by atoms with Crippen molar-refractivity contribution in [2.24, 2.45) is 4.99 Å². The summed E-state index contributed by atoms with van der Waals surface area (Å²) in [5, 5.41) is 10.4. The van der Waals surface area contributed by atoms with E-state index in [9.17, 15) is 0 Å². The van der Waals surface area contributed by atoms with Crippen molar-refractivity contribution >= 4 is 29.9 Å². The van der Waals surface area contributed by atoms with Crippen molar-refractivity contribution in [2.75, 3.05) is 33.3 Å². The molecule has 0 aliphatic carbocycles. The van der Waals surface area contributed by atoms with Gasteiger partial charge in [-0.2, -0.15) is 0 Å². The van der Waals surface area contributed by atoms with Crippen LogP contribution in [0, 0.1) is 0 Å². The zero-order valence-corrected chi connectivity index (χ0v) is 19.4. The molecule has 0 spiro atoms. The quantitative estimate of drug-likeness (QED) is 0.233. The van der Waals surface area contributed by atoms with E-state index in [0.717, 1.165) is 63.7 Å². The smallest absolute Gasteiger partial charge is 0.191 e. The minimum Gasteiger partial charge on any atom is -0.378 e. The van der Waals surface area contributed by atoms with Gasteiger partial charge >= 0.3 is 0 Å². The normalized spacial score (nSPS) is 15.7. The molecule has 8 heteroatoms. The molecule has 29 heavy (non-hydrogen) atoms. The number of rotatable bonds is 9. The third kappa shape index (κ3) is 8.71. The maximum atomic E-state index is 6.07. The number of ether oxygens (including phenoxy) is 1. The summed E-state index contributed by atoms with van der Waals surface area (Å²) in [6, 6.07) is 12.5. The number of halogens is 1. The second kappa shape index (κ2) is 13.6. The van der Waals surface area contributed by atoms with Gasteiger partial charge in [0.05, 0.1) is 12.6 Å². The predicted molar refractivity (Wildman–Crippen MR) is 125 cm³/mol. The van der Waals surface area contributed by atoms with Crippen molar-refractivity contribution in [2.45, 2.75) is 38.5 Å². The molecular formula is C21H32IN5O2. The molecule has 0 saturated carbocycles. The van der Waals surface area contributed by atoms with Gasteiger partial charge in [-0.25, -0.2) is 0 Å². The first-order valence-electron chi connectivity index (χ1n) is 10.0. The molecule has 1 aromatic heterocycles. The number of piperidine rings is 1. The molecular weight excluding hydrogens is 481 g/mol. The molecule has 7 nitrogen and oxygen atoms in total. The summed E-state index contributed by atoms with van der Waals surface area (Å²) in [5.41, 5.74) is 2.24. The Labute approximate surface area is 190 Å². The van der Waals surface area contributed by atoms with E-state index in [2.05, 4.69) is 56.0 Å². The lowest BCUT2D eigenvalue weighted by molar-refractivity contribution is 0.00534. The van der Waals surface area contributed by atoms with E-state index in [0.29, 0.717) is 12.6 Å². The molecule has 0 unspecified atom stereocenters. The highest BCUT2D eigenvalue weighted by atomic mass is 127.